The fraction of sp³-hybridized carbons (Fsp3) is 0.429. The molecule has 110 valence electrons. The molecule has 0 radical (unpaired) electrons. The summed E-state index contributed by atoms with van der Waals surface area (Å²) in [7, 11) is 0. The summed E-state index contributed by atoms with van der Waals surface area (Å²) in [5, 5.41) is 5.14. The van der Waals surface area contributed by atoms with Gasteiger partial charge in [-0.15, -0.1) is 0 Å². The summed E-state index contributed by atoms with van der Waals surface area (Å²) >= 11 is 5.64. The lowest BCUT2D eigenvalue weighted by atomic mass is 9.91. The van der Waals surface area contributed by atoms with Crippen LogP contribution in [0, 0.1) is 11.2 Å². The first-order valence-corrected chi connectivity index (χ1v) is 6.71. The summed E-state index contributed by atoms with van der Waals surface area (Å²) < 4.78 is 13.0. The Bertz CT molecular complexity index is 518. The van der Waals surface area contributed by atoms with Gasteiger partial charge in [0.15, 0.2) is 0 Å². The molecule has 0 bridgehead atoms. The van der Waals surface area contributed by atoms with Crippen molar-refractivity contribution in [2.45, 2.75) is 27.2 Å². The number of carbonyl (C=O) groups is 2. The maximum absolute atomic E-state index is 13.0. The van der Waals surface area contributed by atoms with Gasteiger partial charge in [0.2, 0.25) is 11.8 Å². The summed E-state index contributed by atoms with van der Waals surface area (Å²) in [5.74, 6) is -1.40. The van der Waals surface area contributed by atoms with Crippen LogP contribution in [0.3, 0.4) is 0 Å². The molecule has 0 saturated heterocycles. The zero-order chi connectivity index (χ0) is 15.3. The molecule has 0 aliphatic rings. The Labute approximate surface area is 122 Å². The predicted molar refractivity (Wildman–Crippen MR) is 77.1 cm³/mol. The molecule has 2 N–H and O–H groups in total. The van der Waals surface area contributed by atoms with E-state index in [1.54, 1.807) is 0 Å². The van der Waals surface area contributed by atoms with E-state index in [0.717, 1.165) is 12.5 Å². The normalized spacial score (nSPS) is 11.1. The Balaban J connectivity index is 2.78. The molecule has 0 fully saturated rings. The molecule has 0 aromatic heterocycles. The monoisotopic (exact) mass is 300 g/mol. The van der Waals surface area contributed by atoms with Gasteiger partial charge in [0, 0.05) is 12.2 Å². The van der Waals surface area contributed by atoms with Crippen molar-refractivity contribution < 1.29 is 14.0 Å². The van der Waals surface area contributed by atoms with Crippen LogP contribution in [0.4, 0.5) is 10.1 Å². The van der Waals surface area contributed by atoms with E-state index in [4.69, 9.17) is 11.6 Å². The number of anilines is 1. The molecule has 1 rings (SSSR count). The number of rotatable bonds is 5. The van der Waals surface area contributed by atoms with Gasteiger partial charge in [0.05, 0.1) is 5.02 Å². The summed E-state index contributed by atoms with van der Waals surface area (Å²) in [4.78, 5) is 24.0. The zero-order valence-corrected chi connectivity index (χ0v) is 12.5. The number of hydrogen-bond acceptors (Lipinski definition) is 2. The number of amides is 2. The summed E-state index contributed by atoms with van der Waals surface area (Å²) in [5.41, 5.74) is -0.881. The average molecular weight is 301 g/mol. The molecule has 0 saturated carbocycles. The second-order valence-electron chi connectivity index (χ2n) is 4.96. The number of carbonyl (C=O) groups excluding carboxylic acids is 2. The van der Waals surface area contributed by atoms with Gasteiger partial charge < -0.3 is 10.6 Å². The van der Waals surface area contributed by atoms with Crippen LogP contribution in [-0.2, 0) is 9.59 Å². The average Bonchev–Trinajstić information content (AvgIpc) is 2.39. The molecule has 0 spiro atoms. The molecular weight excluding hydrogens is 283 g/mol. The number of benzene rings is 1. The van der Waals surface area contributed by atoms with Crippen molar-refractivity contribution in [2.75, 3.05) is 11.9 Å². The van der Waals surface area contributed by atoms with Gasteiger partial charge in [0.25, 0.3) is 0 Å². The molecule has 6 heteroatoms. The van der Waals surface area contributed by atoms with Crippen molar-refractivity contribution in [3.63, 3.8) is 0 Å². The van der Waals surface area contributed by atoms with Crippen molar-refractivity contribution >= 4 is 29.1 Å². The second-order valence-corrected chi connectivity index (χ2v) is 5.37. The van der Waals surface area contributed by atoms with Gasteiger partial charge in [-0.3, -0.25) is 9.59 Å². The van der Waals surface area contributed by atoms with Crippen LogP contribution in [0.15, 0.2) is 18.2 Å². The van der Waals surface area contributed by atoms with Crippen LogP contribution >= 0.6 is 11.6 Å². The Kier molecular flexibility index (Phi) is 5.51. The van der Waals surface area contributed by atoms with Crippen LogP contribution in [0.1, 0.15) is 27.2 Å². The molecule has 2 amide bonds. The first kappa shape index (κ1) is 16.4. The number of nitrogens with one attached hydrogen (secondary N) is 2. The van der Waals surface area contributed by atoms with Gasteiger partial charge in [0.1, 0.15) is 11.2 Å². The zero-order valence-electron chi connectivity index (χ0n) is 11.7. The lowest BCUT2D eigenvalue weighted by Crippen LogP contribution is -2.45. The topological polar surface area (TPSA) is 58.2 Å². The van der Waals surface area contributed by atoms with Gasteiger partial charge in [-0.2, -0.15) is 0 Å². The lowest BCUT2D eigenvalue weighted by molar-refractivity contribution is -0.138. The third-order valence-corrected chi connectivity index (χ3v) is 3.14. The third kappa shape index (κ3) is 3.93. The number of halogens is 2. The van der Waals surface area contributed by atoms with Gasteiger partial charge in [-0.25, -0.2) is 4.39 Å². The summed E-state index contributed by atoms with van der Waals surface area (Å²) in [6, 6.07) is 3.84. The van der Waals surface area contributed by atoms with E-state index in [-0.39, 0.29) is 10.9 Å². The van der Waals surface area contributed by atoms with E-state index >= 15 is 0 Å². The molecule has 0 unspecified atom stereocenters. The fourth-order valence-electron chi connectivity index (χ4n) is 1.42. The van der Waals surface area contributed by atoms with Gasteiger partial charge in [-0.1, -0.05) is 18.5 Å². The minimum atomic E-state index is -1.23. The molecule has 0 aliphatic heterocycles. The highest BCUT2D eigenvalue weighted by molar-refractivity contribution is 6.31. The Morgan fingerprint density at radius 1 is 1.30 bits per heavy atom. The van der Waals surface area contributed by atoms with Crippen LogP contribution in [0.2, 0.25) is 5.02 Å². The first-order chi connectivity index (χ1) is 9.28. The molecule has 0 aliphatic carbocycles. The van der Waals surface area contributed by atoms with Gasteiger partial charge in [-0.05, 0) is 38.5 Å². The van der Waals surface area contributed by atoms with Crippen molar-refractivity contribution in [3.05, 3.63) is 29.0 Å². The smallest absolute Gasteiger partial charge is 0.239 e. The summed E-state index contributed by atoms with van der Waals surface area (Å²) in [6.07, 6.45) is 0.789. The van der Waals surface area contributed by atoms with E-state index in [0.29, 0.717) is 12.2 Å². The van der Waals surface area contributed by atoms with Crippen molar-refractivity contribution in [1.29, 1.82) is 0 Å². The Morgan fingerprint density at radius 2 is 1.95 bits per heavy atom. The third-order valence-electron chi connectivity index (χ3n) is 2.85. The van der Waals surface area contributed by atoms with Crippen molar-refractivity contribution in [2.24, 2.45) is 5.41 Å². The molecule has 4 nitrogen and oxygen atoms in total. The molecular formula is C14H18ClFN2O2. The molecule has 0 atom stereocenters. The van der Waals surface area contributed by atoms with E-state index in [2.05, 4.69) is 10.6 Å². The Hall–Kier alpha value is -1.62. The van der Waals surface area contributed by atoms with E-state index in [1.165, 1.54) is 26.0 Å². The van der Waals surface area contributed by atoms with Gasteiger partial charge >= 0.3 is 0 Å². The van der Waals surface area contributed by atoms with E-state index in [9.17, 15) is 14.0 Å². The largest absolute Gasteiger partial charge is 0.355 e. The minimum Gasteiger partial charge on any atom is -0.355 e. The van der Waals surface area contributed by atoms with E-state index < -0.39 is 17.1 Å². The quantitative estimate of drug-likeness (QED) is 0.821. The maximum atomic E-state index is 13.0. The van der Waals surface area contributed by atoms with Crippen LogP contribution < -0.4 is 10.6 Å². The van der Waals surface area contributed by atoms with Crippen LogP contribution in [0.25, 0.3) is 0 Å². The molecule has 1 aromatic rings. The highest BCUT2D eigenvalue weighted by Gasteiger charge is 2.35. The van der Waals surface area contributed by atoms with Crippen molar-refractivity contribution in [1.82, 2.24) is 5.32 Å². The Morgan fingerprint density at radius 3 is 2.50 bits per heavy atom. The van der Waals surface area contributed by atoms with Crippen LogP contribution in [-0.4, -0.2) is 18.4 Å². The van der Waals surface area contributed by atoms with E-state index in [1.807, 2.05) is 6.92 Å². The summed E-state index contributed by atoms with van der Waals surface area (Å²) in [6.45, 7) is 5.49. The maximum Gasteiger partial charge on any atom is 0.239 e. The molecule has 1 aromatic carbocycles. The standard InChI is InChI=1S/C14H18ClFN2O2/c1-4-7-17-12(19)14(2,3)13(20)18-9-5-6-11(16)10(15)8-9/h5-6,8H,4,7H2,1-3H3,(H,17,19)(H,18,20). The first-order valence-electron chi connectivity index (χ1n) is 6.33. The predicted octanol–water partition coefficient (Wildman–Crippen LogP) is 2.97. The number of hydrogen-bond donors (Lipinski definition) is 2. The lowest BCUT2D eigenvalue weighted by Gasteiger charge is -2.22. The van der Waals surface area contributed by atoms with Crippen molar-refractivity contribution in [3.8, 4) is 0 Å². The fourth-order valence-corrected chi connectivity index (χ4v) is 1.60. The molecule has 20 heavy (non-hydrogen) atoms. The minimum absolute atomic E-state index is 0.0870. The highest BCUT2D eigenvalue weighted by Crippen LogP contribution is 2.22. The SMILES string of the molecule is CCCNC(=O)C(C)(C)C(=O)Nc1ccc(F)c(Cl)c1. The highest BCUT2D eigenvalue weighted by atomic mass is 35.5. The molecule has 0 heterocycles. The second kappa shape index (κ2) is 6.70. The van der Waals surface area contributed by atoms with Crippen LogP contribution in [0.5, 0.6) is 0 Å².